The largest absolute Gasteiger partial charge is 0.290 e. The number of hydrogen-bond acceptors (Lipinski definition) is 4. The standard InChI is InChI=1S/C8H7N3O2S/c9-6-11(7-10)14(12,13)8-4-2-1-3-5-8/h1-6,9H. The van der Waals surface area contributed by atoms with E-state index in [0.717, 1.165) is 0 Å². The van der Waals surface area contributed by atoms with Crippen molar-refractivity contribution in [2.24, 2.45) is 0 Å². The van der Waals surface area contributed by atoms with Crippen molar-refractivity contribution in [2.75, 3.05) is 0 Å². The molecule has 0 saturated carbocycles. The summed E-state index contributed by atoms with van der Waals surface area (Å²) in [4.78, 5) is -0.00921. The fourth-order valence-corrected chi connectivity index (χ4v) is 1.83. The fraction of sp³-hybridized carbons (Fsp3) is 0. The van der Waals surface area contributed by atoms with E-state index in [1.54, 1.807) is 18.2 Å². The molecular weight excluding hydrogens is 202 g/mol. The summed E-state index contributed by atoms with van der Waals surface area (Å²) >= 11 is 0. The van der Waals surface area contributed by atoms with Gasteiger partial charge in [-0.2, -0.15) is 18.0 Å². The van der Waals surface area contributed by atoms with Crippen molar-refractivity contribution >= 4 is 16.4 Å². The van der Waals surface area contributed by atoms with Crippen molar-refractivity contribution in [3.63, 3.8) is 0 Å². The molecule has 72 valence electrons. The highest BCUT2D eigenvalue weighted by Gasteiger charge is 2.20. The van der Waals surface area contributed by atoms with Crippen molar-refractivity contribution in [1.29, 1.82) is 10.7 Å². The Bertz CT molecular complexity index is 461. The minimum Gasteiger partial charge on any atom is -0.290 e. The topological polar surface area (TPSA) is 85.0 Å². The number of nitrogens with zero attached hydrogens (tertiary/aromatic N) is 2. The van der Waals surface area contributed by atoms with E-state index in [9.17, 15) is 8.42 Å². The van der Waals surface area contributed by atoms with Gasteiger partial charge in [0.2, 0.25) is 6.19 Å². The van der Waals surface area contributed by atoms with Gasteiger partial charge >= 0.3 is 0 Å². The maximum atomic E-state index is 11.5. The molecule has 0 spiro atoms. The van der Waals surface area contributed by atoms with Crippen LogP contribution in [0.25, 0.3) is 0 Å². The van der Waals surface area contributed by atoms with E-state index in [4.69, 9.17) is 10.7 Å². The maximum absolute atomic E-state index is 11.5. The molecule has 1 N–H and O–H groups in total. The van der Waals surface area contributed by atoms with Crippen molar-refractivity contribution in [3.05, 3.63) is 30.3 Å². The summed E-state index contributed by atoms with van der Waals surface area (Å²) in [7, 11) is -3.87. The molecular formula is C8H7N3O2S. The number of rotatable bonds is 3. The molecule has 0 aromatic heterocycles. The van der Waals surface area contributed by atoms with Crippen LogP contribution in [0, 0.1) is 16.9 Å². The van der Waals surface area contributed by atoms with Crippen LogP contribution in [-0.4, -0.2) is 19.1 Å². The molecule has 0 fully saturated rings. The SMILES string of the molecule is N#CN(C=N)S(=O)(=O)c1ccccc1. The molecule has 0 heterocycles. The molecule has 0 saturated heterocycles. The number of nitriles is 1. The first-order valence-electron chi connectivity index (χ1n) is 3.62. The number of sulfonamides is 1. The van der Waals surface area contributed by atoms with Crippen molar-refractivity contribution < 1.29 is 8.42 Å². The third-order valence-corrected chi connectivity index (χ3v) is 3.09. The summed E-state index contributed by atoms with van der Waals surface area (Å²) < 4.78 is 23.4. The Labute approximate surface area is 81.8 Å². The summed E-state index contributed by atoms with van der Waals surface area (Å²) in [6.07, 6.45) is 1.85. The molecule has 1 aromatic carbocycles. The monoisotopic (exact) mass is 209 g/mol. The van der Waals surface area contributed by atoms with E-state index >= 15 is 0 Å². The van der Waals surface area contributed by atoms with E-state index in [1.807, 2.05) is 0 Å². The molecule has 0 aliphatic rings. The molecule has 1 aromatic rings. The number of benzene rings is 1. The lowest BCUT2D eigenvalue weighted by Gasteiger charge is -2.08. The van der Waals surface area contributed by atoms with Crippen LogP contribution >= 0.6 is 0 Å². The Morgan fingerprint density at radius 1 is 1.36 bits per heavy atom. The van der Waals surface area contributed by atoms with Gasteiger partial charge in [-0.3, -0.25) is 5.41 Å². The third-order valence-electron chi connectivity index (χ3n) is 1.52. The Kier molecular flexibility index (Phi) is 2.84. The predicted molar refractivity (Wildman–Crippen MR) is 49.9 cm³/mol. The van der Waals surface area contributed by atoms with Gasteiger partial charge in [0.15, 0.2) is 0 Å². The Morgan fingerprint density at radius 3 is 2.36 bits per heavy atom. The summed E-state index contributed by atoms with van der Waals surface area (Å²) in [6.45, 7) is 0. The van der Waals surface area contributed by atoms with Crippen LogP contribution in [0.1, 0.15) is 0 Å². The summed E-state index contributed by atoms with van der Waals surface area (Å²) in [5, 5.41) is 15.2. The van der Waals surface area contributed by atoms with Gasteiger partial charge in [-0.25, -0.2) is 0 Å². The lowest BCUT2D eigenvalue weighted by molar-refractivity contribution is 0.567. The molecule has 0 radical (unpaired) electrons. The highest BCUT2D eigenvalue weighted by Crippen LogP contribution is 2.12. The fourth-order valence-electron chi connectivity index (χ4n) is 0.858. The van der Waals surface area contributed by atoms with E-state index in [0.29, 0.717) is 10.6 Å². The van der Waals surface area contributed by atoms with E-state index in [2.05, 4.69) is 0 Å². The molecule has 0 unspecified atom stereocenters. The zero-order chi connectivity index (χ0) is 10.6. The van der Waals surface area contributed by atoms with Crippen LogP contribution in [0.2, 0.25) is 0 Å². The third kappa shape index (κ3) is 1.72. The predicted octanol–water partition coefficient (Wildman–Crippen LogP) is 0.765. The molecule has 0 amide bonds. The van der Waals surface area contributed by atoms with Crippen LogP contribution in [0.3, 0.4) is 0 Å². The van der Waals surface area contributed by atoms with Crippen LogP contribution < -0.4 is 0 Å². The van der Waals surface area contributed by atoms with Crippen LogP contribution in [0.5, 0.6) is 0 Å². The van der Waals surface area contributed by atoms with Gasteiger partial charge in [0, 0.05) is 0 Å². The zero-order valence-electron chi connectivity index (χ0n) is 7.08. The number of hydrogen-bond donors (Lipinski definition) is 1. The molecule has 0 bridgehead atoms. The first-order valence-corrected chi connectivity index (χ1v) is 5.06. The van der Waals surface area contributed by atoms with Gasteiger partial charge in [0.05, 0.1) is 4.90 Å². The minimum atomic E-state index is -3.87. The second kappa shape index (κ2) is 3.89. The molecule has 0 aliphatic carbocycles. The van der Waals surface area contributed by atoms with Gasteiger partial charge < -0.3 is 0 Å². The summed E-state index contributed by atoms with van der Waals surface area (Å²) in [6, 6.07) is 7.49. The lowest BCUT2D eigenvalue weighted by atomic mass is 10.4. The van der Waals surface area contributed by atoms with Gasteiger partial charge in [0.1, 0.15) is 6.34 Å². The van der Waals surface area contributed by atoms with Crippen molar-refractivity contribution in [1.82, 2.24) is 4.31 Å². The zero-order valence-corrected chi connectivity index (χ0v) is 7.90. The molecule has 0 atom stereocenters. The van der Waals surface area contributed by atoms with E-state index in [-0.39, 0.29) is 4.90 Å². The van der Waals surface area contributed by atoms with Crippen LogP contribution in [0.15, 0.2) is 35.2 Å². The lowest BCUT2D eigenvalue weighted by Crippen LogP contribution is -2.24. The van der Waals surface area contributed by atoms with Gasteiger partial charge in [0.25, 0.3) is 10.0 Å². The summed E-state index contributed by atoms with van der Waals surface area (Å²) in [5.74, 6) is 0. The Balaban J connectivity index is 3.23. The highest BCUT2D eigenvalue weighted by atomic mass is 32.2. The average molecular weight is 209 g/mol. The molecule has 0 aliphatic heterocycles. The molecule has 1 rings (SSSR count). The van der Waals surface area contributed by atoms with E-state index < -0.39 is 10.0 Å². The highest BCUT2D eigenvalue weighted by molar-refractivity contribution is 7.89. The summed E-state index contributed by atoms with van der Waals surface area (Å²) in [5.41, 5.74) is 0. The van der Waals surface area contributed by atoms with Crippen molar-refractivity contribution in [3.8, 4) is 6.19 Å². The molecule has 14 heavy (non-hydrogen) atoms. The van der Waals surface area contributed by atoms with E-state index in [1.165, 1.54) is 18.3 Å². The Hall–Kier alpha value is -1.87. The minimum absolute atomic E-state index is 0.00921. The van der Waals surface area contributed by atoms with Crippen LogP contribution in [-0.2, 0) is 10.0 Å². The Morgan fingerprint density at radius 2 is 1.93 bits per heavy atom. The van der Waals surface area contributed by atoms with Gasteiger partial charge in [-0.15, -0.1) is 0 Å². The second-order valence-electron chi connectivity index (χ2n) is 2.34. The van der Waals surface area contributed by atoms with Crippen LogP contribution in [0.4, 0.5) is 0 Å². The van der Waals surface area contributed by atoms with Gasteiger partial charge in [-0.1, -0.05) is 18.2 Å². The average Bonchev–Trinajstić information content (AvgIpc) is 2.20. The quantitative estimate of drug-likeness (QED) is 0.345. The smallest absolute Gasteiger partial charge is 0.277 e. The second-order valence-corrected chi connectivity index (χ2v) is 4.16. The maximum Gasteiger partial charge on any atom is 0.277 e. The molecule has 5 nitrogen and oxygen atoms in total. The van der Waals surface area contributed by atoms with Gasteiger partial charge in [-0.05, 0) is 12.1 Å². The normalized spacial score (nSPS) is 10.2. The first kappa shape index (κ1) is 10.2. The first-order chi connectivity index (χ1) is 6.62. The molecule has 6 heteroatoms. The van der Waals surface area contributed by atoms with Crippen molar-refractivity contribution in [2.45, 2.75) is 4.90 Å². The number of nitrogens with one attached hydrogen (secondary N) is 1.